The highest BCUT2D eigenvalue weighted by molar-refractivity contribution is 7.98. The minimum Gasteiger partial charge on any atom is -0.361 e. The lowest BCUT2D eigenvalue weighted by Gasteiger charge is -2.06. The average Bonchev–Trinajstić information content (AvgIpc) is 3.20. The summed E-state index contributed by atoms with van der Waals surface area (Å²) < 4.78 is 10.7. The van der Waals surface area contributed by atoms with Crippen LogP contribution in [0.4, 0.5) is 0 Å². The van der Waals surface area contributed by atoms with Crippen molar-refractivity contribution in [2.24, 2.45) is 0 Å². The summed E-state index contributed by atoms with van der Waals surface area (Å²) in [7, 11) is 1.92. The van der Waals surface area contributed by atoms with E-state index in [1.807, 2.05) is 39.1 Å². The maximum Gasteiger partial charge on any atom is 0.259 e. The van der Waals surface area contributed by atoms with Crippen molar-refractivity contribution in [1.29, 1.82) is 0 Å². The molecule has 132 valence electrons. The number of aromatic nitrogens is 3. The summed E-state index contributed by atoms with van der Waals surface area (Å²) in [5.74, 6) is 2.92. The van der Waals surface area contributed by atoms with Gasteiger partial charge in [0, 0.05) is 28.7 Å². The highest BCUT2D eigenvalue weighted by Gasteiger charge is 2.16. The Morgan fingerprint density at radius 1 is 1.16 bits per heavy atom. The Hall–Kier alpha value is -2.12. The molecule has 3 rings (SSSR count). The van der Waals surface area contributed by atoms with Crippen molar-refractivity contribution in [3.63, 3.8) is 0 Å². The molecule has 1 unspecified atom stereocenters. The van der Waals surface area contributed by atoms with Gasteiger partial charge < -0.3 is 14.4 Å². The number of hydrogen-bond donors (Lipinski definition) is 1. The standard InChI is InChI=1S/C18H22N4O2S/c1-11(19-4)9-17-20-18(24-22-17)14-7-5-6-8-16(14)25-10-15-12(2)21-23-13(15)3/h5-8,11,19H,9-10H2,1-4H3. The van der Waals surface area contributed by atoms with Gasteiger partial charge in [0.2, 0.25) is 0 Å². The zero-order valence-corrected chi connectivity index (χ0v) is 15.7. The van der Waals surface area contributed by atoms with Crippen molar-refractivity contribution in [2.45, 2.75) is 43.9 Å². The molecule has 0 radical (unpaired) electrons. The van der Waals surface area contributed by atoms with Crippen LogP contribution in [0, 0.1) is 13.8 Å². The molecule has 0 aliphatic heterocycles. The highest BCUT2D eigenvalue weighted by Crippen LogP contribution is 2.33. The maximum atomic E-state index is 5.49. The van der Waals surface area contributed by atoms with Crippen LogP contribution >= 0.6 is 11.8 Å². The van der Waals surface area contributed by atoms with Crippen LogP contribution in [0.25, 0.3) is 11.5 Å². The zero-order chi connectivity index (χ0) is 17.8. The first-order valence-corrected chi connectivity index (χ1v) is 9.20. The number of nitrogens with zero attached hydrogens (tertiary/aromatic N) is 3. The molecular formula is C18H22N4O2S. The minimum absolute atomic E-state index is 0.301. The van der Waals surface area contributed by atoms with Gasteiger partial charge in [-0.2, -0.15) is 4.98 Å². The molecule has 0 bridgehead atoms. The second-order valence-electron chi connectivity index (χ2n) is 6.00. The van der Waals surface area contributed by atoms with E-state index in [2.05, 4.69) is 33.6 Å². The minimum atomic E-state index is 0.301. The largest absolute Gasteiger partial charge is 0.361 e. The third kappa shape index (κ3) is 4.11. The first-order valence-electron chi connectivity index (χ1n) is 8.22. The molecule has 2 aromatic heterocycles. The molecule has 1 atom stereocenters. The van der Waals surface area contributed by atoms with Crippen molar-refractivity contribution >= 4 is 11.8 Å². The van der Waals surface area contributed by atoms with Gasteiger partial charge in [-0.15, -0.1) is 11.8 Å². The number of hydrogen-bond acceptors (Lipinski definition) is 7. The average molecular weight is 358 g/mol. The molecule has 2 heterocycles. The molecule has 0 aliphatic rings. The first kappa shape index (κ1) is 17.7. The highest BCUT2D eigenvalue weighted by atomic mass is 32.2. The fourth-order valence-electron chi connectivity index (χ4n) is 2.45. The van der Waals surface area contributed by atoms with E-state index in [1.165, 1.54) is 0 Å². The lowest BCUT2D eigenvalue weighted by atomic mass is 10.2. The second kappa shape index (κ2) is 7.84. The molecule has 0 fully saturated rings. The van der Waals surface area contributed by atoms with Crippen molar-refractivity contribution in [3.05, 3.63) is 47.1 Å². The number of thioether (sulfide) groups is 1. The molecular weight excluding hydrogens is 336 g/mol. The summed E-state index contributed by atoms with van der Waals surface area (Å²) in [6.45, 7) is 5.99. The Balaban J connectivity index is 1.79. The predicted octanol–water partition coefficient (Wildman–Crippen LogP) is 3.78. The molecule has 6 nitrogen and oxygen atoms in total. The number of nitrogens with one attached hydrogen (secondary N) is 1. The molecule has 7 heteroatoms. The molecule has 25 heavy (non-hydrogen) atoms. The normalized spacial score (nSPS) is 12.5. The molecule has 1 N–H and O–H groups in total. The van der Waals surface area contributed by atoms with Crippen LogP contribution in [0.2, 0.25) is 0 Å². The van der Waals surface area contributed by atoms with E-state index in [-0.39, 0.29) is 0 Å². The molecule has 1 aromatic carbocycles. The van der Waals surface area contributed by atoms with Crippen molar-refractivity contribution in [2.75, 3.05) is 7.05 Å². The van der Waals surface area contributed by atoms with E-state index < -0.39 is 0 Å². The van der Waals surface area contributed by atoms with Gasteiger partial charge in [-0.25, -0.2) is 0 Å². The summed E-state index contributed by atoms with van der Waals surface area (Å²) >= 11 is 1.72. The fraction of sp³-hybridized carbons (Fsp3) is 0.389. The van der Waals surface area contributed by atoms with Gasteiger partial charge in [-0.1, -0.05) is 22.4 Å². The van der Waals surface area contributed by atoms with Gasteiger partial charge in [-0.3, -0.25) is 0 Å². The third-order valence-electron chi connectivity index (χ3n) is 4.12. The zero-order valence-electron chi connectivity index (χ0n) is 14.9. The maximum absolute atomic E-state index is 5.49. The molecule has 0 saturated heterocycles. The van der Waals surface area contributed by atoms with Gasteiger partial charge in [0.05, 0.1) is 11.3 Å². The Morgan fingerprint density at radius 2 is 1.96 bits per heavy atom. The summed E-state index contributed by atoms with van der Waals surface area (Å²) in [5.41, 5.74) is 3.02. The first-order chi connectivity index (χ1) is 12.1. The Bertz CT molecular complexity index is 824. The summed E-state index contributed by atoms with van der Waals surface area (Å²) in [6, 6.07) is 8.37. The van der Waals surface area contributed by atoms with Crippen molar-refractivity contribution in [1.82, 2.24) is 20.6 Å². The monoisotopic (exact) mass is 358 g/mol. The number of aryl methyl sites for hydroxylation is 2. The van der Waals surface area contributed by atoms with Gasteiger partial charge in [0.1, 0.15) is 5.76 Å². The van der Waals surface area contributed by atoms with Crippen LogP contribution in [0.1, 0.15) is 29.8 Å². The molecule has 0 amide bonds. The summed E-state index contributed by atoms with van der Waals surface area (Å²) in [6.07, 6.45) is 0.731. The quantitative estimate of drug-likeness (QED) is 0.644. The van der Waals surface area contributed by atoms with Crippen LogP contribution in [0.15, 0.2) is 38.2 Å². The molecule has 0 saturated carbocycles. The third-order valence-corrected chi connectivity index (χ3v) is 5.22. The summed E-state index contributed by atoms with van der Waals surface area (Å²) in [4.78, 5) is 5.64. The van der Waals surface area contributed by atoms with Crippen molar-refractivity contribution < 1.29 is 9.05 Å². The fourth-order valence-corrected chi connectivity index (χ4v) is 3.65. The van der Waals surface area contributed by atoms with Crippen LogP contribution in [0.5, 0.6) is 0 Å². The van der Waals surface area contributed by atoms with Crippen LogP contribution in [-0.4, -0.2) is 28.4 Å². The summed E-state index contributed by atoms with van der Waals surface area (Å²) in [5, 5.41) is 11.3. The van der Waals surface area contributed by atoms with Crippen LogP contribution < -0.4 is 5.32 Å². The lowest BCUT2D eigenvalue weighted by molar-refractivity contribution is 0.392. The van der Waals surface area contributed by atoms with Gasteiger partial charge in [0.15, 0.2) is 5.82 Å². The van der Waals surface area contributed by atoms with E-state index in [4.69, 9.17) is 9.05 Å². The second-order valence-corrected chi connectivity index (χ2v) is 7.01. The van der Waals surface area contributed by atoms with E-state index in [9.17, 15) is 0 Å². The van der Waals surface area contributed by atoms with E-state index in [0.717, 1.165) is 39.7 Å². The van der Waals surface area contributed by atoms with Gasteiger partial charge in [0.25, 0.3) is 5.89 Å². The smallest absolute Gasteiger partial charge is 0.259 e. The molecule has 0 spiro atoms. The van der Waals surface area contributed by atoms with Gasteiger partial charge in [-0.05, 0) is 40.0 Å². The van der Waals surface area contributed by atoms with Crippen LogP contribution in [0.3, 0.4) is 0 Å². The Labute approximate surface area is 151 Å². The Kier molecular flexibility index (Phi) is 5.55. The van der Waals surface area contributed by atoms with E-state index in [1.54, 1.807) is 11.8 Å². The number of likely N-dealkylation sites (N-methyl/N-ethyl adjacent to an activating group) is 1. The number of benzene rings is 1. The topological polar surface area (TPSA) is 77.0 Å². The number of rotatable bonds is 7. The van der Waals surface area contributed by atoms with Gasteiger partial charge >= 0.3 is 0 Å². The van der Waals surface area contributed by atoms with E-state index >= 15 is 0 Å². The molecule has 0 aliphatic carbocycles. The Morgan fingerprint density at radius 3 is 2.68 bits per heavy atom. The van der Waals surface area contributed by atoms with E-state index in [0.29, 0.717) is 17.8 Å². The molecule has 3 aromatic rings. The van der Waals surface area contributed by atoms with Crippen molar-refractivity contribution in [3.8, 4) is 11.5 Å². The predicted molar refractivity (Wildman–Crippen MR) is 97.5 cm³/mol. The SMILES string of the molecule is CNC(C)Cc1noc(-c2ccccc2SCc2c(C)noc2C)n1. The van der Waals surface area contributed by atoms with Crippen LogP contribution in [-0.2, 0) is 12.2 Å². The lowest BCUT2D eigenvalue weighted by Crippen LogP contribution is -2.24.